The maximum Gasteiger partial charge on any atom is 0.225 e. The predicted octanol–water partition coefficient (Wildman–Crippen LogP) is 3.03. The Balaban J connectivity index is 1.29. The van der Waals surface area contributed by atoms with E-state index in [1.807, 2.05) is 12.4 Å². The van der Waals surface area contributed by atoms with Gasteiger partial charge in [-0.3, -0.25) is 0 Å². The number of anilines is 2. The molecule has 0 N–H and O–H groups in total. The van der Waals surface area contributed by atoms with Crippen molar-refractivity contribution in [1.29, 1.82) is 5.26 Å². The Kier molecular flexibility index (Phi) is 5.48. The van der Waals surface area contributed by atoms with Gasteiger partial charge in [0.25, 0.3) is 0 Å². The lowest BCUT2D eigenvalue weighted by atomic mass is 9.79. The number of aromatic nitrogens is 4. The van der Waals surface area contributed by atoms with Crippen LogP contribution in [0.1, 0.15) is 31.4 Å². The molecule has 7 nitrogen and oxygen atoms in total. The number of nitrogens with zero attached hydrogens (tertiary/aromatic N) is 7. The summed E-state index contributed by atoms with van der Waals surface area (Å²) in [4.78, 5) is 21.7. The maximum absolute atomic E-state index is 9.02. The van der Waals surface area contributed by atoms with Gasteiger partial charge in [-0.05, 0) is 53.4 Å². The van der Waals surface area contributed by atoms with Crippen LogP contribution in [0.2, 0.25) is 0 Å². The van der Waals surface area contributed by atoms with Gasteiger partial charge in [0, 0.05) is 44.6 Å². The maximum atomic E-state index is 9.02. The fraction of sp³-hybridized carbons (Fsp3) is 0.526. The molecule has 2 aromatic heterocycles. The van der Waals surface area contributed by atoms with Crippen LogP contribution in [-0.4, -0.2) is 46.1 Å². The molecule has 0 amide bonds. The van der Waals surface area contributed by atoms with Crippen molar-refractivity contribution in [3.63, 3.8) is 0 Å². The molecule has 2 aliphatic heterocycles. The van der Waals surface area contributed by atoms with Gasteiger partial charge in [-0.1, -0.05) is 0 Å². The topological polar surface area (TPSA) is 81.8 Å². The molecule has 0 unspecified atom stereocenters. The minimum Gasteiger partial charge on any atom is -0.356 e. The van der Waals surface area contributed by atoms with Crippen molar-refractivity contribution in [2.24, 2.45) is 11.8 Å². The van der Waals surface area contributed by atoms with Gasteiger partial charge in [0.1, 0.15) is 23.9 Å². The second kappa shape index (κ2) is 8.17. The highest BCUT2D eigenvalue weighted by Crippen LogP contribution is 2.34. The number of nitriles is 1. The summed E-state index contributed by atoms with van der Waals surface area (Å²) in [5.74, 6) is 3.26. The first-order chi connectivity index (χ1) is 13.2. The van der Waals surface area contributed by atoms with Crippen LogP contribution in [0.4, 0.5) is 11.8 Å². The normalized spacial score (nSPS) is 19.1. The van der Waals surface area contributed by atoms with Gasteiger partial charge in [-0.15, -0.1) is 0 Å². The van der Waals surface area contributed by atoms with E-state index in [-0.39, 0.29) is 0 Å². The number of rotatable bonds is 3. The molecule has 2 aromatic rings. The van der Waals surface area contributed by atoms with E-state index in [4.69, 9.17) is 5.26 Å². The Bertz CT molecular complexity index is 804. The van der Waals surface area contributed by atoms with Crippen LogP contribution in [0.3, 0.4) is 0 Å². The molecule has 0 radical (unpaired) electrons. The largest absolute Gasteiger partial charge is 0.356 e. The van der Waals surface area contributed by atoms with Crippen molar-refractivity contribution in [2.75, 3.05) is 36.0 Å². The lowest BCUT2D eigenvalue weighted by Crippen LogP contribution is -2.41. The standard InChI is InChI=1S/C19H22BrN7/c20-16-11-22-19(23-12-16)27-7-3-15(4-8-27)14-1-5-26(6-2-14)18-9-17(10-21)24-13-25-18/h9,11-15H,1-8H2. The zero-order valence-corrected chi connectivity index (χ0v) is 16.7. The summed E-state index contributed by atoms with van der Waals surface area (Å²) < 4.78 is 0.915. The summed E-state index contributed by atoms with van der Waals surface area (Å²) in [6, 6.07) is 3.88. The molecule has 0 aromatic carbocycles. The molecule has 0 spiro atoms. The minimum atomic E-state index is 0.435. The van der Waals surface area contributed by atoms with Gasteiger partial charge >= 0.3 is 0 Å². The van der Waals surface area contributed by atoms with Crippen molar-refractivity contribution in [1.82, 2.24) is 19.9 Å². The van der Waals surface area contributed by atoms with Gasteiger partial charge in [-0.2, -0.15) is 5.26 Å². The van der Waals surface area contributed by atoms with Crippen LogP contribution in [0.15, 0.2) is 29.3 Å². The number of hydrogen-bond acceptors (Lipinski definition) is 7. The van der Waals surface area contributed by atoms with Gasteiger partial charge in [0.15, 0.2) is 0 Å². The number of piperidine rings is 2. The number of halogens is 1. The Hall–Kier alpha value is -2.27. The molecule has 0 bridgehead atoms. The molecule has 140 valence electrons. The van der Waals surface area contributed by atoms with E-state index in [0.29, 0.717) is 5.69 Å². The SMILES string of the molecule is N#Cc1cc(N2CCC(C3CCN(c4ncc(Br)cn4)CC3)CC2)ncn1. The van der Waals surface area contributed by atoms with Crippen LogP contribution < -0.4 is 9.80 Å². The van der Waals surface area contributed by atoms with Crippen LogP contribution >= 0.6 is 15.9 Å². The van der Waals surface area contributed by atoms with Crippen molar-refractivity contribution in [2.45, 2.75) is 25.7 Å². The fourth-order valence-electron chi connectivity index (χ4n) is 4.22. The molecule has 8 heteroatoms. The summed E-state index contributed by atoms with van der Waals surface area (Å²) >= 11 is 3.39. The molecule has 27 heavy (non-hydrogen) atoms. The van der Waals surface area contributed by atoms with Crippen molar-refractivity contribution in [3.05, 3.63) is 35.0 Å². The summed E-state index contributed by atoms with van der Waals surface area (Å²) in [5, 5.41) is 9.02. The van der Waals surface area contributed by atoms with E-state index < -0.39 is 0 Å². The summed E-state index contributed by atoms with van der Waals surface area (Å²) in [7, 11) is 0. The first kappa shape index (κ1) is 18.1. The van der Waals surface area contributed by atoms with Gasteiger partial charge in [-0.25, -0.2) is 19.9 Å². The lowest BCUT2D eigenvalue weighted by molar-refractivity contribution is 0.232. The van der Waals surface area contributed by atoms with Crippen molar-refractivity contribution < 1.29 is 0 Å². The molecule has 2 aliphatic rings. The summed E-state index contributed by atoms with van der Waals surface area (Å²) in [6.45, 7) is 4.07. The lowest BCUT2D eigenvalue weighted by Gasteiger charge is -2.40. The fourth-order valence-corrected chi connectivity index (χ4v) is 4.43. The molecule has 4 heterocycles. The second-order valence-electron chi connectivity index (χ2n) is 7.22. The Morgan fingerprint density at radius 2 is 1.48 bits per heavy atom. The zero-order valence-electron chi connectivity index (χ0n) is 15.1. The number of hydrogen-bond donors (Lipinski definition) is 0. The summed E-state index contributed by atoms with van der Waals surface area (Å²) in [5.41, 5.74) is 0.435. The quantitative estimate of drug-likeness (QED) is 0.743. The van der Waals surface area contributed by atoms with Gasteiger partial charge in [0.05, 0.1) is 4.47 Å². The van der Waals surface area contributed by atoms with E-state index in [2.05, 4.69) is 51.7 Å². The molecule has 0 saturated carbocycles. The Labute approximate surface area is 167 Å². The second-order valence-corrected chi connectivity index (χ2v) is 8.14. The van der Waals surface area contributed by atoms with Crippen LogP contribution in [0.5, 0.6) is 0 Å². The molecule has 0 atom stereocenters. The predicted molar refractivity (Wildman–Crippen MR) is 106 cm³/mol. The van der Waals surface area contributed by atoms with E-state index in [1.54, 1.807) is 6.07 Å². The zero-order chi connectivity index (χ0) is 18.6. The average molecular weight is 428 g/mol. The Morgan fingerprint density at radius 3 is 2.07 bits per heavy atom. The van der Waals surface area contributed by atoms with Crippen molar-refractivity contribution in [3.8, 4) is 6.07 Å². The van der Waals surface area contributed by atoms with E-state index >= 15 is 0 Å². The molecule has 2 saturated heterocycles. The monoisotopic (exact) mass is 427 g/mol. The molecule has 2 fully saturated rings. The van der Waals surface area contributed by atoms with Crippen LogP contribution in [0, 0.1) is 23.2 Å². The first-order valence-corrected chi connectivity index (χ1v) is 10.2. The third-order valence-corrected chi connectivity index (χ3v) is 6.14. The van der Waals surface area contributed by atoms with Gasteiger partial charge in [0.2, 0.25) is 5.95 Å². The third kappa shape index (κ3) is 4.19. The molecular weight excluding hydrogens is 406 g/mol. The highest BCUT2D eigenvalue weighted by atomic mass is 79.9. The van der Waals surface area contributed by atoms with Gasteiger partial charge < -0.3 is 9.80 Å². The van der Waals surface area contributed by atoms with Crippen LogP contribution in [0.25, 0.3) is 0 Å². The molecule has 4 rings (SSSR count). The average Bonchev–Trinajstić information content (AvgIpc) is 2.75. The van der Waals surface area contributed by atoms with Crippen molar-refractivity contribution >= 4 is 27.7 Å². The highest BCUT2D eigenvalue weighted by molar-refractivity contribution is 9.10. The first-order valence-electron chi connectivity index (χ1n) is 9.42. The molecule has 0 aliphatic carbocycles. The highest BCUT2D eigenvalue weighted by Gasteiger charge is 2.30. The smallest absolute Gasteiger partial charge is 0.225 e. The van der Waals surface area contributed by atoms with E-state index in [0.717, 1.165) is 54.3 Å². The minimum absolute atomic E-state index is 0.435. The molecular formula is C19H22BrN7. The third-order valence-electron chi connectivity index (χ3n) is 5.73. The Morgan fingerprint density at radius 1 is 0.889 bits per heavy atom. The van der Waals surface area contributed by atoms with Crippen LogP contribution in [-0.2, 0) is 0 Å². The van der Waals surface area contributed by atoms with E-state index in [1.165, 1.54) is 32.0 Å². The summed E-state index contributed by atoms with van der Waals surface area (Å²) in [6.07, 6.45) is 9.90. The van der Waals surface area contributed by atoms with E-state index in [9.17, 15) is 0 Å².